The number of fused-ring (bicyclic) bond motifs is 1. The van der Waals surface area contributed by atoms with Gasteiger partial charge in [-0.05, 0) is 55.5 Å². The number of thiophene rings is 1. The first-order valence-electron chi connectivity index (χ1n) is 12.7. The number of benzene rings is 2. The zero-order chi connectivity index (χ0) is 29.7. The summed E-state index contributed by atoms with van der Waals surface area (Å²) in [6.07, 6.45) is 3.40. The number of ether oxygens (including phenoxy) is 5. The number of aryl methyl sites for hydroxylation is 1. The molecular weight excluding hydrogens is 572 g/mol. The smallest absolute Gasteiger partial charge is 0.341 e. The summed E-state index contributed by atoms with van der Waals surface area (Å²) in [6, 6.07) is 8.76. The van der Waals surface area contributed by atoms with Crippen molar-refractivity contribution in [3.63, 3.8) is 0 Å². The Balaban J connectivity index is 1.78. The van der Waals surface area contributed by atoms with Gasteiger partial charge in [-0.3, -0.25) is 9.10 Å². The molecule has 0 radical (unpaired) electrons. The second-order valence-corrected chi connectivity index (χ2v) is 12.0. The summed E-state index contributed by atoms with van der Waals surface area (Å²) < 4.78 is 55.5. The lowest BCUT2D eigenvalue weighted by molar-refractivity contribution is -0.114. The number of sulfonamides is 1. The van der Waals surface area contributed by atoms with Gasteiger partial charge in [0.15, 0.2) is 11.5 Å². The summed E-state index contributed by atoms with van der Waals surface area (Å²) in [5, 5.41) is 3.10. The van der Waals surface area contributed by atoms with E-state index in [4.69, 9.17) is 23.7 Å². The van der Waals surface area contributed by atoms with Crippen molar-refractivity contribution < 1.29 is 41.7 Å². The molecule has 0 spiro atoms. The van der Waals surface area contributed by atoms with Crippen molar-refractivity contribution in [2.24, 2.45) is 0 Å². The summed E-state index contributed by atoms with van der Waals surface area (Å²) in [6.45, 7) is -0.636. The van der Waals surface area contributed by atoms with Crippen LogP contribution in [-0.2, 0) is 32.4 Å². The molecule has 2 aromatic carbocycles. The van der Waals surface area contributed by atoms with Gasteiger partial charge in [0, 0.05) is 17.0 Å². The maximum absolute atomic E-state index is 14.1. The molecule has 1 aromatic heterocycles. The van der Waals surface area contributed by atoms with Gasteiger partial charge >= 0.3 is 5.97 Å². The molecule has 1 amide bonds. The largest absolute Gasteiger partial charge is 0.497 e. The number of amides is 1. The third-order valence-corrected chi connectivity index (χ3v) is 9.66. The number of carbonyl (C=O) groups is 2. The quantitative estimate of drug-likeness (QED) is 0.319. The Kier molecular flexibility index (Phi) is 9.28. The molecule has 1 heterocycles. The molecule has 220 valence electrons. The minimum absolute atomic E-state index is 0.0791. The van der Waals surface area contributed by atoms with E-state index < -0.39 is 28.4 Å². The van der Waals surface area contributed by atoms with Gasteiger partial charge in [-0.15, -0.1) is 11.3 Å². The fraction of sp³-hybridized carbons (Fsp3) is 0.357. The summed E-state index contributed by atoms with van der Waals surface area (Å²) in [5.41, 5.74) is 1.26. The maximum Gasteiger partial charge on any atom is 0.341 e. The Bertz CT molecular complexity index is 1550. The molecule has 0 atom stereocenters. The van der Waals surface area contributed by atoms with E-state index in [0.29, 0.717) is 28.5 Å². The number of hydrogen-bond acceptors (Lipinski definition) is 10. The van der Waals surface area contributed by atoms with Gasteiger partial charge in [0.05, 0.1) is 51.7 Å². The van der Waals surface area contributed by atoms with Crippen LogP contribution in [0.3, 0.4) is 0 Å². The number of methoxy groups -OCH3 is 5. The SMILES string of the molecule is COC(=O)c1c(NC(=O)CN(c2cc(OC)ccc2OC)S(=O)(=O)c2ccc(OC)c(OC)c2)sc2c1CCCC2. The third kappa shape index (κ3) is 6.05. The Morgan fingerprint density at radius 1 is 0.878 bits per heavy atom. The normalized spacial score (nSPS) is 12.6. The highest BCUT2D eigenvalue weighted by molar-refractivity contribution is 7.92. The van der Waals surface area contributed by atoms with Crippen LogP contribution in [0.4, 0.5) is 10.7 Å². The third-order valence-electron chi connectivity index (χ3n) is 6.70. The van der Waals surface area contributed by atoms with E-state index in [2.05, 4.69) is 5.32 Å². The summed E-state index contributed by atoms with van der Waals surface area (Å²) >= 11 is 1.31. The second-order valence-electron chi connectivity index (χ2n) is 9.02. The maximum atomic E-state index is 14.1. The highest BCUT2D eigenvalue weighted by Gasteiger charge is 2.32. The average Bonchev–Trinajstić information content (AvgIpc) is 3.36. The van der Waals surface area contributed by atoms with E-state index in [9.17, 15) is 18.0 Å². The molecule has 1 aliphatic carbocycles. The lowest BCUT2D eigenvalue weighted by Crippen LogP contribution is -2.38. The average molecular weight is 605 g/mol. The van der Waals surface area contributed by atoms with E-state index in [0.717, 1.165) is 34.0 Å². The Morgan fingerprint density at radius 2 is 1.56 bits per heavy atom. The van der Waals surface area contributed by atoms with Crippen molar-refractivity contribution in [2.45, 2.75) is 30.6 Å². The van der Waals surface area contributed by atoms with Gasteiger partial charge in [0.2, 0.25) is 5.91 Å². The van der Waals surface area contributed by atoms with Crippen LogP contribution in [0.25, 0.3) is 0 Å². The van der Waals surface area contributed by atoms with Crippen molar-refractivity contribution in [3.8, 4) is 23.0 Å². The van der Waals surface area contributed by atoms with Gasteiger partial charge in [0.1, 0.15) is 23.0 Å². The minimum Gasteiger partial charge on any atom is -0.497 e. The Hall–Kier alpha value is -3.97. The van der Waals surface area contributed by atoms with Crippen LogP contribution in [-0.4, -0.2) is 62.4 Å². The molecule has 11 nitrogen and oxygen atoms in total. The molecule has 0 aliphatic heterocycles. The Morgan fingerprint density at radius 3 is 2.22 bits per heavy atom. The molecule has 0 saturated carbocycles. The lowest BCUT2D eigenvalue weighted by atomic mass is 9.95. The lowest BCUT2D eigenvalue weighted by Gasteiger charge is -2.26. The van der Waals surface area contributed by atoms with Crippen LogP contribution in [0.15, 0.2) is 41.3 Å². The van der Waals surface area contributed by atoms with Crippen LogP contribution in [0, 0.1) is 0 Å². The van der Waals surface area contributed by atoms with Crippen LogP contribution in [0.5, 0.6) is 23.0 Å². The van der Waals surface area contributed by atoms with Gasteiger partial charge in [-0.2, -0.15) is 0 Å². The molecule has 41 heavy (non-hydrogen) atoms. The van der Waals surface area contributed by atoms with Crippen LogP contribution in [0.1, 0.15) is 33.6 Å². The van der Waals surface area contributed by atoms with Crippen molar-refractivity contribution >= 4 is 43.9 Å². The van der Waals surface area contributed by atoms with E-state index in [1.54, 1.807) is 12.1 Å². The monoisotopic (exact) mass is 604 g/mol. The van der Waals surface area contributed by atoms with Gasteiger partial charge in [-0.25, -0.2) is 13.2 Å². The standard InChI is InChI=1S/C28H32N2O9S2/c1-35-17-10-12-21(36-2)20(14-17)30(41(33,34)18-11-13-22(37-3)23(15-18)38-4)16-25(31)29-27-26(28(32)39-5)19-8-6-7-9-24(19)40-27/h10-15H,6-9,16H2,1-5H3,(H,29,31). The van der Waals surface area contributed by atoms with E-state index in [-0.39, 0.29) is 22.1 Å². The molecule has 0 saturated heterocycles. The molecule has 0 unspecified atom stereocenters. The van der Waals surface area contributed by atoms with Crippen LogP contribution in [0.2, 0.25) is 0 Å². The first-order valence-corrected chi connectivity index (χ1v) is 14.9. The van der Waals surface area contributed by atoms with E-state index >= 15 is 0 Å². The number of anilines is 2. The topological polar surface area (TPSA) is 130 Å². The highest BCUT2D eigenvalue weighted by Crippen LogP contribution is 2.40. The van der Waals surface area contributed by atoms with Crippen LogP contribution >= 0.6 is 11.3 Å². The molecule has 13 heteroatoms. The first kappa shape index (κ1) is 30.0. The predicted molar refractivity (Wildman–Crippen MR) is 155 cm³/mol. The fourth-order valence-corrected chi connectivity index (χ4v) is 7.40. The molecule has 0 bridgehead atoms. The zero-order valence-corrected chi connectivity index (χ0v) is 25.1. The van der Waals surface area contributed by atoms with Crippen molar-refractivity contribution in [1.29, 1.82) is 0 Å². The summed E-state index contributed by atoms with van der Waals surface area (Å²) in [4.78, 5) is 27.1. The molecule has 3 aromatic rings. The van der Waals surface area contributed by atoms with Crippen LogP contribution < -0.4 is 28.6 Å². The highest BCUT2D eigenvalue weighted by atomic mass is 32.2. The molecule has 0 fully saturated rings. The van der Waals surface area contributed by atoms with Gasteiger partial charge in [0.25, 0.3) is 10.0 Å². The number of hydrogen-bond donors (Lipinski definition) is 1. The van der Waals surface area contributed by atoms with E-state index in [1.165, 1.54) is 71.2 Å². The summed E-state index contributed by atoms with van der Waals surface area (Å²) in [7, 11) is 2.58. The second kappa shape index (κ2) is 12.7. The fourth-order valence-electron chi connectivity index (χ4n) is 4.66. The number of esters is 1. The van der Waals surface area contributed by atoms with E-state index in [1.807, 2.05) is 0 Å². The van der Waals surface area contributed by atoms with Crippen molar-refractivity contribution in [2.75, 3.05) is 51.7 Å². The number of nitrogens with one attached hydrogen (secondary N) is 1. The summed E-state index contributed by atoms with van der Waals surface area (Å²) in [5.74, 6) is -0.127. The number of rotatable bonds is 11. The molecule has 1 N–H and O–H groups in total. The number of carbonyl (C=O) groups excluding carboxylic acids is 2. The molecule has 1 aliphatic rings. The van der Waals surface area contributed by atoms with Crippen molar-refractivity contribution in [1.82, 2.24) is 0 Å². The van der Waals surface area contributed by atoms with Gasteiger partial charge < -0.3 is 29.0 Å². The Labute approximate surface area is 243 Å². The van der Waals surface area contributed by atoms with Gasteiger partial charge in [-0.1, -0.05) is 0 Å². The minimum atomic E-state index is -4.38. The van der Waals surface area contributed by atoms with Crippen molar-refractivity contribution in [3.05, 3.63) is 52.4 Å². The first-order chi connectivity index (χ1) is 19.7. The number of nitrogens with zero attached hydrogens (tertiary/aromatic N) is 1. The molecule has 4 rings (SSSR count). The predicted octanol–water partition coefficient (Wildman–Crippen LogP) is 4.28. The zero-order valence-electron chi connectivity index (χ0n) is 23.4. The molecular formula is C28H32N2O9S2.